The highest BCUT2D eigenvalue weighted by molar-refractivity contribution is 5.65. The lowest BCUT2D eigenvalue weighted by atomic mass is 9.77. The molecule has 1 unspecified atom stereocenters. The molecule has 0 aromatic heterocycles. The maximum absolute atomic E-state index is 10.5. The largest absolute Gasteiger partial charge is 0.466 e. The third-order valence-electron chi connectivity index (χ3n) is 2.73. The normalized spacial score (nSPS) is 15.2. The summed E-state index contributed by atoms with van der Waals surface area (Å²) in [5.41, 5.74) is 0.0649. The van der Waals surface area contributed by atoms with Crippen molar-refractivity contribution in [3.05, 3.63) is 12.7 Å². The standard InChI is InChI=1S/C11H20O2/c1-6-11(5,9(2)3)7-8-13-10(4)12/h6,9H,1,7-8H2,2-5H3. The van der Waals surface area contributed by atoms with Gasteiger partial charge in [0.1, 0.15) is 0 Å². The van der Waals surface area contributed by atoms with E-state index in [-0.39, 0.29) is 11.4 Å². The van der Waals surface area contributed by atoms with Crippen molar-refractivity contribution in [3.63, 3.8) is 0 Å². The van der Waals surface area contributed by atoms with Crippen LogP contribution in [0.4, 0.5) is 0 Å². The van der Waals surface area contributed by atoms with E-state index in [2.05, 4.69) is 27.4 Å². The molecule has 0 aromatic carbocycles. The van der Waals surface area contributed by atoms with Crippen LogP contribution in [0.1, 0.15) is 34.1 Å². The van der Waals surface area contributed by atoms with Crippen LogP contribution >= 0.6 is 0 Å². The molecule has 0 saturated heterocycles. The smallest absolute Gasteiger partial charge is 0.302 e. The molecule has 0 aliphatic rings. The summed E-state index contributed by atoms with van der Waals surface area (Å²) in [6, 6.07) is 0. The number of hydrogen-bond acceptors (Lipinski definition) is 2. The summed E-state index contributed by atoms with van der Waals surface area (Å²) in [5, 5.41) is 0. The van der Waals surface area contributed by atoms with Crippen molar-refractivity contribution < 1.29 is 9.53 Å². The molecule has 0 amide bonds. The van der Waals surface area contributed by atoms with Crippen molar-refractivity contribution in [2.24, 2.45) is 11.3 Å². The Morgan fingerprint density at radius 2 is 2.15 bits per heavy atom. The van der Waals surface area contributed by atoms with E-state index in [1.54, 1.807) is 0 Å². The molecule has 0 N–H and O–H groups in total. The van der Waals surface area contributed by atoms with E-state index in [0.717, 1.165) is 6.42 Å². The molecule has 0 aliphatic heterocycles. The van der Waals surface area contributed by atoms with E-state index in [1.807, 2.05) is 6.08 Å². The first-order chi connectivity index (χ1) is 5.92. The van der Waals surface area contributed by atoms with Gasteiger partial charge in [-0.2, -0.15) is 0 Å². The number of rotatable bonds is 5. The minimum Gasteiger partial charge on any atom is -0.466 e. The third-order valence-corrected chi connectivity index (χ3v) is 2.73. The van der Waals surface area contributed by atoms with Crippen molar-refractivity contribution in [2.75, 3.05) is 6.61 Å². The van der Waals surface area contributed by atoms with Gasteiger partial charge >= 0.3 is 5.97 Å². The molecule has 0 bridgehead atoms. The highest BCUT2D eigenvalue weighted by atomic mass is 16.5. The molecule has 0 fully saturated rings. The number of esters is 1. The number of carbonyl (C=O) groups excluding carboxylic acids is 1. The van der Waals surface area contributed by atoms with Crippen molar-refractivity contribution in [1.82, 2.24) is 0 Å². The zero-order valence-electron chi connectivity index (χ0n) is 9.09. The van der Waals surface area contributed by atoms with Gasteiger partial charge in [-0.3, -0.25) is 4.79 Å². The second kappa shape index (κ2) is 5.05. The van der Waals surface area contributed by atoms with Crippen molar-refractivity contribution in [2.45, 2.75) is 34.1 Å². The molecule has 2 heteroatoms. The molecule has 0 radical (unpaired) electrons. The Labute approximate surface area is 81.0 Å². The molecule has 2 nitrogen and oxygen atoms in total. The Kier molecular flexibility index (Phi) is 4.74. The molecule has 0 spiro atoms. The highest BCUT2D eigenvalue weighted by Crippen LogP contribution is 2.31. The lowest BCUT2D eigenvalue weighted by Crippen LogP contribution is -2.23. The van der Waals surface area contributed by atoms with Crippen molar-refractivity contribution >= 4 is 5.97 Å². The Balaban J connectivity index is 3.98. The van der Waals surface area contributed by atoms with Crippen molar-refractivity contribution in [3.8, 4) is 0 Å². The van der Waals surface area contributed by atoms with Gasteiger partial charge < -0.3 is 4.74 Å². The lowest BCUT2D eigenvalue weighted by Gasteiger charge is -2.29. The van der Waals surface area contributed by atoms with Crippen LogP contribution < -0.4 is 0 Å². The highest BCUT2D eigenvalue weighted by Gasteiger charge is 2.24. The van der Waals surface area contributed by atoms with E-state index in [0.29, 0.717) is 12.5 Å². The van der Waals surface area contributed by atoms with Gasteiger partial charge in [0.25, 0.3) is 0 Å². The monoisotopic (exact) mass is 184 g/mol. The number of carbonyl (C=O) groups is 1. The Morgan fingerprint density at radius 3 is 2.46 bits per heavy atom. The zero-order valence-corrected chi connectivity index (χ0v) is 9.09. The minimum absolute atomic E-state index is 0.0649. The van der Waals surface area contributed by atoms with Gasteiger partial charge in [-0.15, -0.1) is 6.58 Å². The topological polar surface area (TPSA) is 26.3 Å². The summed E-state index contributed by atoms with van der Waals surface area (Å²) in [6.07, 6.45) is 2.79. The fourth-order valence-corrected chi connectivity index (χ4v) is 1.04. The second-order valence-corrected chi connectivity index (χ2v) is 3.95. The predicted octanol–water partition coefficient (Wildman–Crippen LogP) is 2.79. The van der Waals surface area contributed by atoms with Gasteiger partial charge in [-0.25, -0.2) is 0 Å². The van der Waals surface area contributed by atoms with Crippen molar-refractivity contribution in [1.29, 1.82) is 0 Å². The van der Waals surface area contributed by atoms with Crippen LogP contribution in [0, 0.1) is 11.3 Å². The molecular formula is C11H20O2. The van der Waals surface area contributed by atoms with Crippen LogP contribution in [0.15, 0.2) is 12.7 Å². The maximum atomic E-state index is 10.5. The molecule has 0 rings (SSSR count). The van der Waals surface area contributed by atoms with E-state index >= 15 is 0 Å². The molecule has 1 atom stereocenters. The van der Waals surface area contributed by atoms with E-state index in [1.165, 1.54) is 6.92 Å². The average Bonchev–Trinajstić information content (AvgIpc) is 2.03. The molecule has 0 saturated carbocycles. The van der Waals surface area contributed by atoms with Gasteiger partial charge in [-0.1, -0.05) is 26.8 Å². The summed E-state index contributed by atoms with van der Waals surface area (Å²) in [5.74, 6) is 0.302. The van der Waals surface area contributed by atoms with Crippen LogP contribution in [0.25, 0.3) is 0 Å². The SMILES string of the molecule is C=CC(C)(CCOC(C)=O)C(C)C. The molecule has 0 aliphatic carbocycles. The van der Waals surface area contributed by atoms with Gasteiger partial charge in [-0.05, 0) is 17.8 Å². The predicted molar refractivity (Wildman–Crippen MR) is 54.4 cm³/mol. The average molecular weight is 184 g/mol. The fraction of sp³-hybridized carbons (Fsp3) is 0.727. The molecule has 76 valence electrons. The van der Waals surface area contributed by atoms with Crippen LogP contribution in [-0.2, 0) is 9.53 Å². The zero-order chi connectivity index (χ0) is 10.5. The molecule has 13 heavy (non-hydrogen) atoms. The summed E-state index contributed by atoms with van der Waals surface area (Å²) in [7, 11) is 0. The van der Waals surface area contributed by atoms with Gasteiger partial charge in [0, 0.05) is 6.92 Å². The summed E-state index contributed by atoms with van der Waals surface area (Å²) in [4.78, 5) is 10.5. The van der Waals surface area contributed by atoms with E-state index in [9.17, 15) is 4.79 Å². The van der Waals surface area contributed by atoms with E-state index in [4.69, 9.17) is 4.74 Å². The molecule has 0 aromatic rings. The summed E-state index contributed by atoms with van der Waals surface area (Å²) >= 11 is 0. The fourth-order valence-electron chi connectivity index (χ4n) is 1.04. The lowest BCUT2D eigenvalue weighted by molar-refractivity contribution is -0.141. The second-order valence-electron chi connectivity index (χ2n) is 3.95. The van der Waals surface area contributed by atoms with Crippen LogP contribution in [0.5, 0.6) is 0 Å². The van der Waals surface area contributed by atoms with E-state index < -0.39 is 0 Å². The number of ether oxygens (including phenoxy) is 1. The van der Waals surface area contributed by atoms with Crippen LogP contribution in [-0.4, -0.2) is 12.6 Å². The Hall–Kier alpha value is -0.790. The van der Waals surface area contributed by atoms with Crippen LogP contribution in [0.3, 0.4) is 0 Å². The van der Waals surface area contributed by atoms with Crippen LogP contribution in [0.2, 0.25) is 0 Å². The maximum Gasteiger partial charge on any atom is 0.302 e. The minimum atomic E-state index is -0.213. The van der Waals surface area contributed by atoms with Gasteiger partial charge in [0.2, 0.25) is 0 Å². The molecule has 0 heterocycles. The molecular weight excluding hydrogens is 164 g/mol. The Bertz CT molecular complexity index is 185. The quantitative estimate of drug-likeness (QED) is 0.485. The first-order valence-corrected chi connectivity index (χ1v) is 4.69. The number of allylic oxidation sites excluding steroid dienone is 1. The first-order valence-electron chi connectivity index (χ1n) is 4.69. The summed E-state index contributed by atoms with van der Waals surface area (Å²) < 4.78 is 4.90. The number of hydrogen-bond donors (Lipinski definition) is 0. The van der Waals surface area contributed by atoms with Gasteiger partial charge in [0.15, 0.2) is 0 Å². The first kappa shape index (κ1) is 12.2. The Morgan fingerprint density at radius 1 is 1.62 bits per heavy atom. The summed E-state index contributed by atoms with van der Waals surface area (Å²) in [6.45, 7) is 12.2. The van der Waals surface area contributed by atoms with Gasteiger partial charge in [0.05, 0.1) is 6.61 Å². The third kappa shape index (κ3) is 4.11.